The van der Waals surface area contributed by atoms with E-state index in [9.17, 15) is 4.39 Å². The molecule has 0 spiro atoms. The van der Waals surface area contributed by atoms with Gasteiger partial charge in [0, 0.05) is 18.1 Å². The molecule has 0 fully saturated rings. The Kier molecular flexibility index (Phi) is 4.54. The fourth-order valence-electron chi connectivity index (χ4n) is 1.42. The zero-order chi connectivity index (χ0) is 11.4. The zero-order valence-electron chi connectivity index (χ0n) is 9.00. The van der Waals surface area contributed by atoms with Gasteiger partial charge in [-0.15, -0.1) is 0 Å². The Morgan fingerprint density at radius 1 is 1.53 bits per heavy atom. The third-order valence-electron chi connectivity index (χ3n) is 2.31. The number of benzene rings is 1. The Hall–Kier alpha value is -0.610. The van der Waals surface area contributed by atoms with Crippen LogP contribution in [0.5, 0.6) is 0 Å². The van der Waals surface area contributed by atoms with E-state index in [1.807, 2.05) is 18.9 Å². The SMILES string of the molecule is CC(CN)CN(C)c1cc(Br)ccc1F. The van der Waals surface area contributed by atoms with Crippen molar-refractivity contribution in [2.75, 3.05) is 25.0 Å². The van der Waals surface area contributed by atoms with Gasteiger partial charge >= 0.3 is 0 Å². The van der Waals surface area contributed by atoms with Crippen molar-refractivity contribution in [1.29, 1.82) is 0 Å². The third-order valence-corrected chi connectivity index (χ3v) is 2.80. The highest BCUT2D eigenvalue weighted by molar-refractivity contribution is 9.10. The molecule has 15 heavy (non-hydrogen) atoms. The van der Waals surface area contributed by atoms with E-state index in [0.29, 0.717) is 18.2 Å². The van der Waals surface area contributed by atoms with Gasteiger partial charge in [-0.25, -0.2) is 4.39 Å². The molecule has 1 rings (SSSR count). The van der Waals surface area contributed by atoms with E-state index in [-0.39, 0.29) is 5.82 Å². The molecule has 0 heterocycles. The Labute approximate surface area is 98.4 Å². The van der Waals surface area contributed by atoms with Crippen LogP contribution in [0.2, 0.25) is 0 Å². The lowest BCUT2D eigenvalue weighted by Crippen LogP contribution is -2.28. The standard InChI is InChI=1S/C11H16BrFN2/c1-8(6-14)7-15(2)11-5-9(12)3-4-10(11)13/h3-5,8H,6-7,14H2,1-2H3. The highest BCUT2D eigenvalue weighted by atomic mass is 79.9. The summed E-state index contributed by atoms with van der Waals surface area (Å²) in [6.45, 7) is 3.41. The first-order chi connectivity index (χ1) is 7.04. The smallest absolute Gasteiger partial charge is 0.146 e. The topological polar surface area (TPSA) is 29.3 Å². The molecule has 0 saturated heterocycles. The molecule has 0 amide bonds. The summed E-state index contributed by atoms with van der Waals surface area (Å²) in [5.41, 5.74) is 6.14. The lowest BCUT2D eigenvalue weighted by molar-refractivity contribution is 0.574. The second-order valence-corrected chi connectivity index (χ2v) is 4.73. The molecular formula is C11H16BrFN2. The van der Waals surface area contributed by atoms with E-state index in [0.717, 1.165) is 11.0 Å². The van der Waals surface area contributed by atoms with Crippen LogP contribution >= 0.6 is 15.9 Å². The van der Waals surface area contributed by atoms with Crippen LogP contribution in [0, 0.1) is 11.7 Å². The summed E-state index contributed by atoms with van der Waals surface area (Å²) in [6, 6.07) is 4.93. The van der Waals surface area contributed by atoms with Gasteiger partial charge in [-0.2, -0.15) is 0 Å². The van der Waals surface area contributed by atoms with Crippen LogP contribution in [0.15, 0.2) is 22.7 Å². The number of nitrogens with zero attached hydrogens (tertiary/aromatic N) is 1. The van der Waals surface area contributed by atoms with E-state index >= 15 is 0 Å². The van der Waals surface area contributed by atoms with Gasteiger partial charge < -0.3 is 10.6 Å². The molecule has 1 aromatic carbocycles. The van der Waals surface area contributed by atoms with Crippen LogP contribution in [0.25, 0.3) is 0 Å². The number of hydrogen-bond donors (Lipinski definition) is 1. The van der Waals surface area contributed by atoms with E-state index < -0.39 is 0 Å². The maximum Gasteiger partial charge on any atom is 0.146 e. The molecular weight excluding hydrogens is 259 g/mol. The molecule has 84 valence electrons. The molecule has 4 heteroatoms. The van der Waals surface area contributed by atoms with Crippen molar-refractivity contribution in [2.24, 2.45) is 11.7 Å². The third kappa shape index (κ3) is 3.47. The van der Waals surface area contributed by atoms with Gasteiger partial charge in [0.1, 0.15) is 5.82 Å². The minimum atomic E-state index is -0.204. The minimum absolute atomic E-state index is 0.204. The number of halogens is 2. The maximum atomic E-state index is 13.5. The monoisotopic (exact) mass is 274 g/mol. The van der Waals surface area contributed by atoms with Crippen molar-refractivity contribution in [3.8, 4) is 0 Å². The summed E-state index contributed by atoms with van der Waals surface area (Å²) >= 11 is 3.33. The average molecular weight is 275 g/mol. The fraction of sp³-hybridized carbons (Fsp3) is 0.455. The Bertz CT molecular complexity index is 330. The summed E-state index contributed by atoms with van der Waals surface area (Å²) in [5.74, 6) is 0.151. The van der Waals surface area contributed by atoms with Crippen LogP contribution in [0.1, 0.15) is 6.92 Å². The molecule has 1 aromatic rings. The number of anilines is 1. The molecule has 0 aliphatic rings. The van der Waals surface area contributed by atoms with Crippen molar-refractivity contribution in [3.05, 3.63) is 28.5 Å². The zero-order valence-corrected chi connectivity index (χ0v) is 10.6. The number of rotatable bonds is 4. The second-order valence-electron chi connectivity index (χ2n) is 3.82. The van der Waals surface area contributed by atoms with Gasteiger partial charge in [0.25, 0.3) is 0 Å². The first kappa shape index (κ1) is 12.5. The summed E-state index contributed by atoms with van der Waals surface area (Å²) in [5, 5.41) is 0. The molecule has 1 unspecified atom stereocenters. The van der Waals surface area contributed by atoms with Gasteiger partial charge in [-0.3, -0.25) is 0 Å². The van der Waals surface area contributed by atoms with Gasteiger partial charge in [-0.1, -0.05) is 22.9 Å². The Morgan fingerprint density at radius 2 is 2.20 bits per heavy atom. The number of nitrogens with two attached hydrogens (primary N) is 1. The van der Waals surface area contributed by atoms with E-state index in [1.165, 1.54) is 6.07 Å². The lowest BCUT2D eigenvalue weighted by atomic mass is 10.1. The first-order valence-corrected chi connectivity index (χ1v) is 5.70. The molecule has 0 aliphatic heterocycles. The minimum Gasteiger partial charge on any atom is -0.372 e. The molecule has 0 saturated carbocycles. The van der Waals surface area contributed by atoms with Crippen molar-refractivity contribution in [2.45, 2.75) is 6.92 Å². The molecule has 1 atom stereocenters. The normalized spacial score (nSPS) is 12.6. The van der Waals surface area contributed by atoms with E-state index in [1.54, 1.807) is 12.1 Å². The largest absolute Gasteiger partial charge is 0.372 e. The molecule has 2 N–H and O–H groups in total. The Morgan fingerprint density at radius 3 is 2.80 bits per heavy atom. The second kappa shape index (κ2) is 5.47. The molecule has 2 nitrogen and oxygen atoms in total. The van der Waals surface area contributed by atoms with E-state index in [2.05, 4.69) is 15.9 Å². The number of hydrogen-bond acceptors (Lipinski definition) is 2. The fourth-order valence-corrected chi connectivity index (χ4v) is 1.77. The van der Waals surface area contributed by atoms with Gasteiger partial charge in [0.2, 0.25) is 0 Å². The predicted molar refractivity (Wildman–Crippen MR) is 65.6 cm³/mol. The summed E-state index contributed by atoms with van der Waals surface area (Å²) in [4.78, 5) is 1.89. The quantitative estimate of drug-likeness (QED) is 0.915. The van der Waals surface area contributed by atoms with Crippen LogP contribution < -0.4 is 10.6 Å². The van der Waals surface area contributed by atoms with Crippen LogP contribution in [-0.2, 0) is 0 Å². The summed E-state index contributed by atoms with van der Waals surface area (Å²) < 4.78 is 14.4. The van der Waals surface area contributed by atoms with Crippen LogP contribution in [0.3, 0.4) is 0 Å². The van der Waals surface area contributed by atoms with Gasteiger partial charge in [0.15, 0.2) is 0 Å². The highest BCUT2D eigenvalue weighted by Gasteiger charge is 2.10. The van der Waals surface area contributed by atoms with Crippen molar-refractivity contribution in [3.63, 3.8) is 0 Å². The average Bonchev–Trinajstić information content (AvgIpc) is 2.21. The Balaban J connectivity index is 2.80. The molecule has 0 bridgehead atoms. The van der Waals surface area contributed by atoms with Gasteiger partial charge in [-0.05, 0) is 30.7 Å². The maximum absolute atomic E-state index is 13.5. The predicted octanol–water partition coefficient (Wildman–Crippen LogP) is 2.62. The lowest BCUT2D eigenvalue weighted by Gasteiger charge is -2.23. The van der Waals surface area contributed by atoms with Crippen LogP contribution in [-0.4, -0.2) is 20.1 Å². The molecule has 0 aliphatic carbocycles. The summed E-state index contributed by atoms with van der Waals surface area (Å²) in [6.07, 6.45) is 0. The highest BCUT2D eigenvalue weighted by Crippen LogP contribution is 2.23. The van der Waals surface area contributed by atoms with Gasteiger partial charge in [0.05, 0.1) is 5.69 Å². The van der Waals surface area contributed by atoms with Crippen LogP contribution in [0.4, 0.5) is 10.1 Å². The van der Waals surface area contributed by atoms with Crippen molar-refractivity contribution in [1.82, 2.24) is 0 Å². The molecule has 0 radical (unpaired) electrons. The molecule has 0 aromatic heterocycles. The summed E-state index contributed by atoms with van der Waals surface area (Å²) in [7, 11) is 1.87. The van der Waals surface area contributed by atoms with Crippen molar-refractivity contribution >= 4 is 21.6 Å². The van der Waals surface area contributed by atoms with E-state index in [4.69, 9.17) is 5.73 Å². The van der Waals surface area contributed by atoms with Crippen molar-refractivity contribution < 1.29 is 4.39 Å². The first-order valence-electron chi connectivity index (χ1n) is 4.91.